The minimum atomic E-state index is -3.33. The van der Waals surface area contributed by atoms with Gasteiger partial charge < -0.3 is 10.5 Å². The summed E-state index contributed by atoms with van der Waals surface area (Å²) in [5.74, 6) is -0.0657. The van der Waals surface area contributed by atoms with Crippen molar-refractivity contribution in [1.82, 2.24) is 0 Å². The molecular weight excluding hydrogens is 238 g/mol. The third-order valence-electron chi connectivity index (χ3n) is 1.89. The second-order valence-corrected chi connectivity index (χ2v) is 5.51. The van der Waals surface area contributed by atoms with E-state index < -0.39 is 9.84 Å². The van der Waals surface area contributed by atoms with Gasteiger partial charge in [0.1, 0.15) is 0 Å². The van der Waals surface area contributed by atoms with E-state index in [0.717, 1.165) is 0 Å². The van der Waals surface area contributed by atoms with Gasteiger partial charge in [0.2, 0.25) is 0 Å². The smallest absolute Gasteiger partial charge is 0.180 e. The highest BCUT2D eigenvalue weighted by Gasteiger charge is 2.14. The molecule has 4 nitrogen and oxygen atoms in total. The first-order valence-corrected chi connectivity index (χ1v) is 6.27. The second-order valence-electron chi connectivity index (χ2n) is 2.99. The molecule has 0 aliphatic carbocycles. The Kier molecular flexibility index (Phi) is 3.96. The van der Waals surface area contributed by atoms with Gasteiger partial charge in [-0.1, -0.05) is 11.6 Å². The van der Waals surface area contributed by atoms with Gasteiger partial charge >= 0.3 is 0 Å². The van der Waals surface area contributed by atoms with Crippen molar-refractivity contribution in [2.24, 2.45) is 0 Å². The molecule has 1 rings (SSSR count). The van der Waals surface area contributed by atoms with Crippen molar-refractivity contribution in [2.45, 2.75) is 4.90 Å². The van der Waals surface area contributed by atoms with E-state index in [1.807, 2.05) is 0 Å². The molecular formula is C9H12ClNO3S. The third-order valence-corrected chi connectivity index (χ3v) is 3.89. The number of rotatable bonds is 4. The lowest BCUT2D eigenvalue weighted by Gasteiger charge is -2.05. The Balaban J connectivity index is 3.00. The van der Waals surface area contributed by atoms with Crippen LogP contribution < -0.4 is 5.73 Å². The molecule has 0 fully saturated rings. The zero-order chi connectivity index (χ0) is 11.5. The van der Waals surface area contributed by atoms with E-state index >= 15 is 0 Å². The van der Waals surface area contributed by atoms with E-state index in [1.54, 1.807) is 0 Å². The van der Waals surface area contributed by atoms with Crippen LogP contribution in [0.15, 0.2) is 23.1 Å². The number of halogens is 1. The Labute approximate surface area is 93.9 Å². The lowest BCUT2D eigenvalue weighted by molar-refractivity contribution is 0.217. The van der Waals surface area contributed by atoms with Gasteiger partial charge in [0.15, 0.2) is 9.84 Å². The molecule has 0 unspecified atom stereocenters. The summed E-state index contributed by atoms with van der Waals surface area (Å²) in [6, 6.07) is 4.26. The van der Waals surface area contributed by atoms with Gasteiger partial charge in [-0.15, -0.1) is 0 Å². The summed E-state index contributed by atoms with van der Waals surface area (Å²) in [4.78, 5) is 0.166. The Bertz CT molecular complexity index is 445. The van der Waals surface area contributed by atoms with Crippen molar-refractivity contribution in [2.75, 3.05) is 25.2 Å². The molecule has 0 atom stereocenters. The van der Waals surface area contributed by atoms with Crippen molar-refractivity contribution < 1.29 is 13.2 Å². The van der Waals surface area contributed by atoms with Crippen LogP contribution in [0, 0.1) is 0 Å². The first-order chi connectivity index (χ1) is 6.97. The molecule has 0 bridgehead atoms. The largest absolute Gasteiger partial charge is 0.398 e. The van der Waals surface area contributed by atoms with Gasteiger partial charge in [0, 0.05) is 7.11 Å². The summed E-state index contributed by atoms with van der Waals surface area (Å²) >= 11 is 5.73. The first kappa shape index (κ1) is 12.3. The van der Waals surface area contributed by atoms with Crippen LogP contribution in [0.4, 0.5) is 5.69 Å². The SMILES string of the molecule is COCCS(=O)(=O)c1ccc(N)c(Cl)c1. The van der Waals surface area contributed by atoms with E-state index in [9.17, 15) is 8.42 Å². The number of ether oxygens (including phenoxy) is 1. The molecule has 0 amide bonds. The molecule has 84 valence electrons. The van der Waals surface area contributed by atoms with E-state index in [-0.39, 0.29) is 22.3 Å². The second kappa shape index (κ2) is 4.83. The van der Waals surface area contributed by atoms with E-state index in [2.05, 4.69) is 0 Å². The molecule has 0 radical (unpaired) electrons. The maximum atomic E-state index is 11.7. The predicted octanol–water partition coefficient (Wildman–Crippen LogP) is 1.34. The monoisotopic (exact) mass is 249 g/mol. The fourth-order valence-electron chi connectivity index (χ4n) is 1.01. The Morgan fingerprint density at radius 1 is 1.47 bits per heavy atom. The van der Waals surface area contributed by atoms with Crippen molar-refractivity contribution in [3.8, 4) is 0 Å². The molecule has 6 heteroatoms. The molecule has 0 aromatic heterocycles. The number of nitrogens with two attached hydrogens (primary N) is 1. The fourth-order valence-corrected chi connectivity index (χ4v) is 2.45. The summed E-state index contributed by atoms with van der Waals surface area (Å²) in [6.07, 6.45) is 0. The Hall–Kier alpha value is -0.780. The fraction of sp³-hybridized carbons (Fsp3) is 0.333. The first-order valence-electron chi connectivity index (χ1n) is 4.24. The standard InChI is InChI=1S/C9H12ClNO3S/c1-14-4-5-15(12,13)7-2-3-9(11)8(10)6-7/h2-3,6H,4-5,11H2,1H3. The van der Waals surface area contributed by atoms with Crippen LogP contribution in [0.25, 0.3) is 0 Å². The van der Waals surface area contributed by atoms with Crippen LogP contribution in [0.2, 0.25) is 5.02 Å². The number of hydrogen-bond acceptors (Lipinski definition) is 4. The molecule has 1 aromatic rings. The average molecular weight is 250 g/mol. The lowest BCUT2D eigenvalue weighted by Crippen LogP contribution is -2.11. The summed E-state index contributed by atoms with van der Waals surface area (Å²) < 4.78 is 28.1. The molecule has 2 N–H and O–H groups in total. The van der Waals surface area contributed by atoms with Crippen molar-refractivity contribution in [3.05, 3.63) is 23.2 Å². The van der Waals surface area contributed by atoms with Gasteiger partial charge in [0.05, 0.1) is 28.0 Å². The molecule has 0 aliphatic heterocycles. The van der Waals surface area contributed by atoms with Crippen molar-refractivity contribution in [1.29, 1.82) is 0 Å². The molecule has 0 saturated carbocycles. The van der Waals surface area contributed by atoms with Crippen molar-refractivity contribution >= 4 is 27.1 Å². The highest BCUT2D eigenvalue weighted by molar-refractivity contribution is 7.91. The summed E-state index contributed by atoms with van der Waals surface area (Å²) in [5, 5.41) is 0.244. The van der Waals surface area contributed by atoms with Crippen LogP contribution in [0.5, 0.6) is 0 Å². The molecule has 0 aliphatic rings. The van der Waals surface area contributed by atoms with Crippen LogP contribution in [0.1, 0.15) is 0 Å². The number of nitrogen functional groups attached to an aromatic ring is 1. The quantitative estimate of drug-likeness (QED) is 0.818. The summed E-state index contributed by atoms with van der Waals surface area (Å²) in [7, 11) is -1.88. The van der Waals surface area contributed by atoms with Crippen molar-refractivity contribution in [3.63, 3.8) is 0 Å². The number of anilines is 1. The Morgan fingerprint density at radius 2 is 2.13 bits per heavy atom. The predicted molar refractivity (Wildman–Crippen MR) is 59.8 cm³/mol. The maximum Gasteiger partial charge on any atom is 0.180 e. The molecule has 0 saturated heterocycles. The minimum absolute atomic E-state index is 0.0657. The topological polar surface area (TPSA) is 69.4 Å². The van der Waals surface area contributed by atoms with Gasteiger partial charge in [0.25, 0.3) is 0 Å². The van der Waals surface area contributed by atoms with E-state index in [0.29, 0.717) is 5.69 Å². The maximum absolute atomic E-state index is 11.7. The van der Waals surface area contributed by atoms with Crippen LogP contribution in [-0.2, 0) is 14.6 Å². The van der Waals surface area contributed by atoms with E-state index in [4.69, 9.17) is 22.1 Å². The number of benzene rings is 1. The molecule has 1 aromatic carbocycles. The number of methoxy groups -OCH3 is 1. The zero-order valence-corrected chi connectivity index (χ0v) is 9.81. The van der Waals surface area contributed by atoms with Gasteiger partial charge in [-0.3, -0.25) is 0 Å². The highest BCUT2D eigenvalue weighted by Crippen LogP contribution is 2.22. The molecule has 0 spiro atoms. The minimum Gasteiger partial charge on any atom is -0.398 e. The summed E-state index contributed by atoms with van der Waals surface area (Å²) in [5.41, 5.74) is 5.84. The lowest BCUT2D eigenvalue weighted by atomic mass is 10.3. The summed E-state index contributed by atoms with van der Waals surface area (Å²) in [6.45, 7) is 0.157. The molecule has 15 heavy (non-hydrogen) atoms. The van der Waals surface area contributed by atoms with Crippen LogP contribution >= 0.6 is 11.6 Å². The number of sulfone groups is 1. The van der Waals surface area contributed by atoms with E-state index in [1.165, 1.54) is 25.3 Å². The van der Waals surface area contributed by atoms with Crippen LogP contribution in [-0.4, -0.2) is 27.9 Å². The van der Waals surface area contributed by atoms with Crippen LogP contribution in [0.3, 0.4) is 0 Å². The number of hydrogen-bond donors (Lipinski definition) is 1. The van der Waals surface area contributed by atoms with Gasteiger partial charge in [-0.25, -0.2) is 8.42 Å². The zero-order valence-electron chi connectivity index (χ0n) is 8.23. The normalized spacial score (nSPS) is 11.6. The molecule has 0 heterocycles. The highest BCUT2D eigenvalue weighted by atomic mass is 35.5. The third kappa shape index (κ3) is 3.09. The van der Waals surface area contributed by atoms with Gasteiger partial charge in [-0.05, 0) is 18.2 Å². The Morgan fingerprint density at radius 3 is 2.67 bits per heavy atom. The van der Waals surface area contributed by atoms with Gasteiger partial charge in [-0.2, -0.15) is 0 Å². The average Bonchev–Trinajstić information content (AvgIpc) is 2.19.